The predicted octanol–water partition coefficient (Wildman–Crippen LogP) is 3.87. The Bertz CT molecular complexity index is 707. The van der Waals surface area contributed by atoms with Gasteiger partial charge in [0.05, 0.1) is 16.9 Å². The van der Waals surface area contributed by atoms with Crippen LogP contribution in [0.5, 0.6) is 0 Å². The summed E-state index contributed by atoms with van der Waals surface area (Å²) in [5, 5.41) is 12.6. The first-order chi connectivity index (χ1) is 8.70. The van der Waals surface area contributed by atoms with Crippen molar-refractivity contribution in [3.63, 3.8) is 0 Å². The number of fused-ring (bicyclic) bond motifs is 1. The maximum Gasteiger partial charge on any atom is 0.172 e. The largest absolute Gasteiger partial charge is 0.391 e. The van der Waals surface area contributed by atoms with Crippen LogP contribution in [0.1, 0.15) is 10.4 Å². The lowest BCUT2D eigenvalue weighted by Gasteiger charge is -1.99. The van der Waals surface area contributed by atoms with Crippen LogP contribution in [0.25, 0.3) is 20.9 Å². The number of aliphatic hydroxyl groups is 1. The minimum Gasteiger partial charge on any atom is -0.391 e. The van der Waals surface area contributed by atoms with E-state index in [4.69, 9.17) is 11.6 Å². The van der Waals surface area contributed by atoms with Gasteiger partial charge in [-0.2, -0.15) is 0 Å². The van der Waals surface area contributed by atoms with E-state index in [0.717, 1.165) is 25.5 Å². The predicted molar refractivity (Wildman–Crippen MR) is 76.4 cm³/mol. The van der Waals surface area contributed by atoms with Crippen LogP contribution in [0.15, 0.2) is 17.5 Å². The smallest absolute Gasteiger partial charge is 0.172 e. The molecule has 92 valence electrons. The molecule has 0 aliphatic heterocycles. The summed E-state index contributed by atoms with van der Waals surface area (Å²) in [4.78, 5) is 11.6. The first-order valence-corrected chi connectivity index (χ1v) is 7.38. The molecule has 3 heterocycles. The average Bonchev–Trinajstić information content (AvgIpc) is 2.97. The van der Waals surface area contributed by atoms with Gasteiger partial charge in [0, 0.05) is 4.88 Å². The molecule has 0 atom stereocenters. The molecule has 0 aliphatic carbocycles. The topological polar surface area (TPSA) is 46.0 Å². The lowest BCUT2D eigenvalue weighted by atomic mass is 10.2. The molecule has 0 aromatic carbocycles. The minimum atomic E-state index is 0.0114. The Morgan fingerprint density at radius 2 is 2.22 bits per heavy atom. The number of aryl methyl sites for hydroxylation is 1. The van der Waals surface area contributed by atoms with Gasteiger partial charge in [0.25, 0.3) is 0 Å². The summed E-state index contributed by atoms with van der Waals surface area (Å²) in [6, 6.07) is 3.93. The molecule has 3 aromatic rings. The molecule has 0 fully saturated rings. The zero-order valence-electron chi connectivity index (χ0n) is 9.48. The van der Waals surface area contributed by atoms with E-state index in [1.165, 1.54) is 11.3 Å². The van der Waals surface area contributed by atoms with E-state index >= 15 is 0 Å². The van der Waals surface area contributed by atoms with Crippen LogP contribution in [0.3, 0.4) is 0 Å². The molecule has 3 rings (SSSR count). The van der Waals surface area contributed by atoms with Crippen molar-refractivity contribution in [3.8, 4) is 10.7 Å². The molecule has 0 amide bonds. The SMILES string of the molecule is Cc1c(CO)sc2nc(-c3cccs3)nc(Cl)c12. The summed E-state index contributed by atoms with van der Waals surface area (Å²) in [6.07, 6.45) is 0. The van der Waals surface area contributed by atoms with Gasteiger partial charge in [-0.15, -0.1) is 22.7 Å². The third kappa shape index (κ3) is 1.83. The van der Waals surface area contributed by atoms with Crippen LogP contribution in [-0.2, 0) is 6.61 Å². The maximum atomic E-state index is 9.28. The van der Waals surface area contributed by atoms with Crippen molar-refractivity contribution in [2.24, 2.45) is 0 Å². The number of rotatable bonds is 2. The second kappa shape index (κ2) is 4.59. The van der Waals surface area contributed by atoms with Crippen LogP contribution in [-0.4, -0.2) is 15.1 Å². The number of aromatic nitrogens is 2. The Hall–Kier alpha value is -1.01. The molecule has 6 heteroatoms. The third-order valence-electron chi connectivity index (χ3n) is 2.73. The van der Waals surface area contributed by atoms with Gasteiger partial charge < -0.3 is 5.11 Å². The normalized spacial score (nSPS) is 11.3. The molecular formula is C12H9ClN2OS2. The summed E-state index contributed by atoms with van der Waals surface area (Å²) >= 11 is 9.28. The second-order valence-corrected chi connectivity index (χ2v) is 6.19. The highest BCUT2D eigenvalue weighted by molar-refractivity contribution is 7.19. The third-order valence-corrected chi connectivity index (χ3v) is 5.04. The lowest BCUT2D eigenvalue weighted by Crippen LogP contribution is -1.88. The van der Waals surface area contributed by atoms with E-state index in [2.05, 4.69) is 9.97 Å². The van der Waals surface area contributed by atoms with Crippen molar-refractivity contribution < 1.29 is 5.11 Å². The van der Waals surface area contributed by atoms with Gasteiger partial charge in [-0.25, -0.2) is 9.97 Å². The number of halogens is 1. The quantitative estimate of drug-likeness (QED) is 0.730. The number of aliphatic hydroxyl groups excluding tert-OH is 1. The van der Waals surface area contributed by atoms with Crippen LogP contribution in [0.2, 0.25) is 5.15 Å². The Labute approximate surface area is 117 Å². The van der Waals surface area contributed by atoms with Gasteiger partial charge >= 0.3 is 0 Å². The van der Waals surface area contributed by atoms with Gasteiger partial charge in [0.1, 0.15) is 9.98 Å². The molecule has 0 saturated heterocycles. The van der Waals surface area contributed by atoms with E-state index in [-0.39, 0.29) is 6.61 Å². The van der Waals surface area contributed by atoms with Crippen LogP contribution < -0.4 is 0 Å². The zero-order chi connectivity index (χ0) is 12.7. The second-order valence-electron chi connectivity index (χ2n) is 3.80. The maximum absolute atomic E-state index is 9.28. The highest BCUT2D eigenvalue weighted by atomic mass is 35.5. The molecule has 3 aromatic heterocycles. The lowest BCUT2D eigenvalue weighted by molar-refractivity contribution is 0.285. The summed E-state index contributed by atoms with van der Waals surface area (Å²) in [7, 11) is 0. The number of thiophene rings is 2. The van der Waals surface area contributed by atoms with Gasteiger partial charge in [-0.3, -0.25) is 0 Å². The van der Waals surface area contributed by atoms with Crippen molar-refractivity contribution in [1.82, 2.24) is 9.97 Å². The number of hydrogen-bond donors (Lipinski definition) is 1. The van der Waals surface area contributed by atoms with E-state index in [0.29, 0.717) is 11.0 Å². The fourth-order valence-corrected chi connectivity index (χ4v) is 3.86. The van der Waals surface area contributed by atoms with E-state index in [1.807, 2.05) is 24.4 Å². The monoisotopic (exact) mass is 296 g/mol. The van der Waals surface area contributed by atoms with E-state index in [9.17, 15) is 5.11 Å². The Morgan fingerprint density at radius 1 is 1.39 bits per heavy atom. The van der Waals surface area contributed by atoms with Crippen molar-refractivity contribution in [1.29, 1.82) is 0 Å². The fraction of sp³-hybridized carbons (Fsp3) is 0.167. The van der Waals surface area contributed by atoms with Gasteiger partial charge in [-0.05, 0) is 23.9 Å². The number of nitrogens with zero attached hydrogens (tertiary/aromatic N) is 2. The van der Waals surface area contributed by atoms with Crippen molar-refractivity contribution in [3.05, 3.63) is 33.1 Å². The minimum absolute atomic E-state index is 0.0114. The Kier molecular flexibility index (Phi) is 3.07. The van der Waals surface area contributed by atoms with Gasteiger partial charge in [0.15, 0.2) is 5.82 Å². The van der Waals surface area contributed by atoms with Crippen molar-refractivity contribution in [2.75, 3.05) is 0 Å². The molecule has 1 N–H and O–H groups in total. The highest BCUT2D eigenvalue weighted by Gasteiger charge is 2.15. The summed E-state index contributed by atoms with van der Waals surface area (Å²) < 4.78 is 0. The van der Waals surface area contributed by atoms with Gasteiger partial charge in [0.2, 0.25) is 0 Å². The summed E-state index contributed by atoms with van der Waals surface area (Å²) in [6.45, 7) is 1.95. The summed E-state index contributed by atoms with van der Waals surface area (Å²) in [5.74, 6) is 0.647. The fourth-order valence-electron chi connectivity index (χ4n) is 1.80. The first kappa shape index (κ1) is 12.0. The first-order valence-electron chi connectivity index (χ1n) is 5.31. The molecular weight excluding hydrogens is 288 g/mol. The zero-order valence-corrected chi connectivity index (χ0v) is 11.9. The average molecular weight is 297 g/mol. The standard InChI is InChI=1S/C12H9ClN2OS2/c1-6-8(5-16)18-12-9(6)10(13)14-11(15-12)7-3-2-4-17-7/h2-4,16H,5H2,1H3. The van der Waals surface area contributed by atoms with Crippen LogP contribution in [0, 0.1) is 6.92 Å². The van der Waals surface area contributed by atoms with Crippen molar-refractivity contribution >= 4 is 44.5 Å². The van der Waals surface area contributed by atoms with Gasteiger partial charge in [-0.1, -0.05) is 17.7 Å². The molecule has 0 unspecified atom stereocenters. The van der Waals surface area contributed by atoms with E-state index < -0.39 is 0 Å². The molecule has 3 nitrogen and oxygen atoms in total. The summed E-state index contributed by atoms with van der Waals surface area (Å²) in [5.41, 5.74) is 0.972. The molecule has 0 spiro atoms. The molecule has 0 aliphatic rings. The van der Waals surface area contributed by atoms with Crippen molar-refractivity contribution in [2.45, 2.75) is 13.5 Å². The van der Waals surface area contributed by atoms with Crippen LogP contribution >= 0.6 is 34.3 Å². The molecule has 0 bridgehead atoms. The van der Waals surface area contributed by atoms with Crippen LogP contribution in [0.4, 0.5) is 0 Å². The molecule has 0 saturated carbocycles. The van der Waals surface area contributed by atoms with E-state index in [1.54, 1.807) is 11.3 Å². The molecule has 0 radical (unpaired) electrons. The number of hydrogen-bond acceptors (Lipinski definition) is 5. The molecule has 18 heavy (non-hydrogen) atoms. The highest BCUT2D eigenvalue weighted by Crippen LogP contribution is 2.35. The Balaban J connectivity index is 2.28. The Morgan fingerprint density at radius 3 is 2.89 bits per heavy atom.